The monoisotopic (exact) mass is 442 g/mol. The summed E-state index contributed by atoms with van der Waals surface area (Å²) in [5.41, 5.74) is 4.11. The molecule has 0 atom stereocenters. The van der Waals surface area contributed by atoms with Crippen molar-refractivity contribution in [2.45, 2.75) is 20.5 Å². The van der Waals surface area contributed by atoms with E-state index in [-0.39, 0.29) is 5.91 Å². The van der Waals surface area contributed by atoms with E-state index < -0.39 is 0 Å². The molecule has 2 heterocycles. The van der Waals surface area contributed by atoms with Gasteiger partial charge in [0.1, 0.15) is 35.0 Å². The van der Waals surface area contributed by atoms with Gasteiger partial charge in [-0.1, -0.05) is 29.4 Å². The maximum Gasteiger partial charge on any atom is 0.255 e. The molecule has 0 fully saturated rings. The standard InChI is InChI=1S/C26H22N2O5/c1-15-21(16(2)33-28-15)14-31-18-8-6-7-17(11-18)26(29)27-22-13-24-20(12-25(22)30-3)19-9-4-5-10-23(19)32-24/h4-13H,14H2,1-3H3,(H,27,29). The first-order valence-corrected chi connectivity index (χ1v) is 10.5. The number of para-hydroxylation sites is 1. The lowest BCUT2D eigenvalue weighted by Crippen LogP contribution is -2.12. The van der Waals surface area contributed by atoms with Crippen LogP contribution in [0.3, 0.4) is 0 Å². The number of fused-ring (bicyclic) bond motifs is 3. The summed E-state index contributed by atoms with van der Waals surface area (Å²) < 4.78 is 22.5. The average molecular weight is 442 g/mol. The fourth-order valence-corrected chi connectivity index (χ4v) is 3.80. The van der Waals surface area contributed by atoms with Gasteiger partial charge in [-0.3, -0.25) is 4.79 Å². The number of aromatic nitrogens is 1. The number of aryl methyl sites for hydroxylation is 2. The molecule has 166 valence electrons. The summed E-state index contributed by atoms with van der Waals surface area (Å²) in [6, 6.07) is 18.4. The molecule has 5 rings (SSSR count). The number of furan rings is 1. The number of nitrogens with one attached hydrogen (secondary N) is 1. The summed E-state index contributed by atoms with van der Waals surface area (Å²) >= 11 is 0. The SMILES string of the molecule is COc1cc2c(cc1NC(=O)c1cccc(OCc3c(C)noc3C)c1)oc1ccccc12. The Bertz CT molecular complexity index is 1460. The first kappa shape index (κ1) is 20.6. The Labute approximate surface area is 189 Å². The number of carbonyl (C=O) groups excluding carboxylic acids is 1. The first-order chi connectivity index (χ1) is 16.0. The van der Waals surface area contributed by atoms with E-state index in [1.54, 1.807) is 37.4 Å². The van der Waals surface area contributed by atoms with Crippen molar-refractivity contribution in [1.29, 1.82) is 0 Å². The largest absolute Gasteiger partial charge is 0.495 e. The van der Waals surface area contributed by atoms with Gasteiger partial charge >= 0.3 is 0 Å². The number of anilines is 1. The molecule has 0 aliphatic carbocycles. The van der Waals surface area contributed by atoms with Crippen LogP contribution in [-0.4, -0.2) is 18.2 Å². The number of carbonyl (C=O) groups is 1. The van der Waals surface area contributed by atoms with Crippen molar-refractivity contribution in [1.82, 2.24) is 5.16 Å². The Morgan fingerprint density at radius 2 is 1.85 bits per heavy atom. The van der Waals surface area contributed by atoms with E-state index in [9.17, 15) is 4.79 Å². The molecule has 7 heteroatoms. The molecule has 7 nitrogen and oxygen atoms in total. The van der Waals surface area contributed by atoms with E-state index in [0.29, 0.717) is 34.9 Å². The number of benzene rings is 3. The van der Waals surface area contributed by atoms with Crippen molar-refractivity contribution in [3.63, 3.8) is 0 Å². The lowest BCUT2D eigenvalue weighted by molar-refractivity contribution is 0.102. The lowest BCUT2D eigenvalue weighted by atomic mass is 10.1. The van der Waals surface area contributed by atoms with Gasteiger partial charge in [0.2, 0.25) is 0 Å². The van der Waals surface area contributed by atoms with E-state index in [1.165, 1.54) is 0 Å². The molecule has 1 N–H and O–H groups in total. The van der Waals surface area contributed by atoms with Gasteiger partial charge in [-0.2, -0.15) is 0 Å². The molecular weight excluding hydrogens is 420 g/mol. The third-order valence-electron chi connectivity index (χ3n) is 5.61. The zero-order chi connectivity index (χ0) is 22.9. The summed E-state index contributed by atoms with van der Waals surface area (Å²) in [4.78, 5) is 13.0. The molecule has 0 saturated carbocycles. The van der Waals surface area contributed by atoms with E-state index >= 15 is 0 Å². The van der Waals surface area contributed by atoms with E-state index in [1.807, 2.05) is 44.2 Å². The summed E-state index contributed by atoms with van der Waals surface area (Å²) in [7, 11) is 1.57. The van der Waals surface area contributed by atoms with Gasteiger partial charge in [-0.15, -0.1) is 0 Å². The molecule has 0 spiro atoms. The molecule has 0 unspecified atom stereocenters. The van der Waals surface area contributed by atoms with Gasteiger partial charge < -0.3 is 23.7 Å². The van der Waals surface area contributed by atoms with Crippen LogP contribution < -0.4 is 14.8 Å². The van der Waals surface area contributed by atoms with Crippen molar-refractivity contribution in [2.75, 3.05) is 12.4 Å². The number of rotatable bonds is 6. The minimum Gasteiger partial charge on any atom is -0.495 e. The van der Waals surface area contributed by atoms with Crippen LogP contribution in [0.4, 0.5) is 5.69 Å². The summed E-state index contributed by atoms with van der Waals surface area (Å²) in [6.07, 6.45) is 0. The maximum absolute atomic E-state index is 13.0. The van der Waals surface area contributed by atoms with Gasteiger partial charge in [-0.25, -0.2) is 0 Å². The number of hydrogen-bond acceptors (Lipinski definition) is 6. The predicted octanol–water partition coefficient (Wildman–Crippen LogP) is 6.03. The minimum absolute atomic E-state index is 0.286. The maximum atomic E-state index is 13.0. The third kappa shape index (κ3) is 3.89. The second-order valence-electron chi connectivity index (χ2n) is 7.72. The highest BCUT2D eigenvalue weighted by atomic mass is 16.5. The summed E-state index contributed by atoms with van der Waals surface area (Å²) in [5.74, 6) is 1.55. The second-order valence-corrected chi connectivity index (χ2v) is 7.72. The fourth-order valence-electron chi connectivity index (χ4n) is 3.80. The van der Waals surface area contributed by atoms with Crippen LogP contribution in [0.1, 0.15) is 27.4 Å². The smallest absolute Gasteiger partial charge is 0.255 e. The molecule has 5 aromatic rings. The Morgan fingerprint density at radius 3 is 2.64 bits per heavy atom. The molecule has 3 aromatic carbocycles. The molecule has 0 aliphatic heterocycles. The summed E-state index contributed by atoms with van der Waals surface area (Å²) in [6.45, 7) is 4.02. The fraction of sp³-hybridized carbons (Fsp3) is 0.154. The molecular formula is C26H22N2O5. The van der Waals surface area contributed by atoms with Gasteiger partial charge in [0.15, 0.2) is 0 Å². The lowest BCUT2D eigenvalue weighted by Gasteiger charge is -2.11. The van der Waals surface area contributed by atoms with Gasteiger partial charge in [0.25, 0.3) is 5.91 Å². The van der Waals surface area contributed by atoms with Crippen molar-refractivity contribution in [2.24, 2.45) is 0 Å². The zero-order valence-corrected chi connectivity index (χ0v) is 18.5. The van der Waals surface area contributed by atoms with Crippen LogP contribution >= 0.6 is 0 Å². The highest BCUT2D eigenvalue weighted by Gasteiger charge is 2.16. The predicted molar refractivity (Wildman–Crippen MR) is 125 cm³/mol. The molecule has 0 bridgehead atoms. The van der Waals surface area contributed by atoms with Gasteiger partial charge in [-0.05, 0) is 44.2 Å². The number of nitrogens with zero attached hydrogens (tertiary/aromatic N) is 1. The highest BCUT2D eigenvalue weighted by Crippen LogP contribution is 2.36. The topological polar surface area (TPSA) is 86.7 Å². The number of ether oxygens (including phenoxy) is 2. The van der Waals surface area contributed by atoms with E-state index in [0.717, 1.165) is 33.4 Å². The van der Waals surface area contributed by atoms with Crippen LogP contribution in [-0.2, 0) is 6.61 Å². The Kier molecular flexibility index (Phi) is 5.22. The van der Waals surface area contributed by atoms with Crippen molar-refractivity contribution >= 4 is 33.5 Å². The number of hydrogen-bond donors (Lipinski definition) is 1. The quantitative estimate of drug-likeness (QED) is 0.345. The second kappa shape index (κ2) is 8.35. The van der Waals surface area contributed by atoms with Crippen LogP contribution in [0.15, 0.2) is 69.6 Å². The number of amides is 1. The molecule has 1 amide bonds. The molecule has 0 radical (unpaired) electrons. The third-order valence-corrected chi connectivity index (χ3v) is 5.61. The van der Waals surface area contributed by atoms with Crippen LogP contribution in [0.25, 0.3) is 21.9 Å². The Hall–Kier alpha value is -4.26. The van der Waals surface area contributed by atoms with Crippen molar-refractivity contribution < 1.29 is 23.2 Å². The first-order valence-electron chi connectivity index (χ1n) is 10.5. The average Bonchev–Trinajstić information content (AvgIpc) is 3.35. The minimum atomic E-state index is -0.286. The number of methoxy groups -OCH3 is 1. The van der Waals surface area contributed by atoms with Crippen molar-refractivity contribution in [3.8, 4) is 11.5 Å². The van der Waals surface area contributed by atoms with E-state index in [2.05, 4.69) is 10.5 Å². The molecule has 2 aromatic heterocycles. The zero-order valence-electron chi connectivity index (χ0n) is 18.5. The molecule has 0 aliphatic rings. The summed E-state index contributed by atoms with van der Waals surface area (Å²) in [5, 5.41) is 8.78. The van der Waals surface area contributed by atoms with Gasteiger partial charge in [0.05, 0.1) is 24.1 Å². The highest BCUT2D eigenvalue weighted by molar-refractivity contribution is 6.10. The van der Waals surface area contributed by atoms with Gasteiger partial charge in [0, 0.05) is 22.4 Å². The Balaban J connectivity index is 1.39. The van der Waals surface area contributed by atoms with E-state index in [4.69, 9.17) is 18.4 Å². The normalized spacial score (nSPS) is 11.1. The molecule has 0 saturated heterocycles. The Morgan fingerprint density at radius 1 is 1.00 bits per heavy atom. The van der Waals surface area contributed by atoms with Crippen molar-refractivity contribution in [3.05, 3.63) is 83.2 Å². The van der Waals surface area contributed by atoms with Crippen LogP contribution in [0.2, 0.25) is 0 Å². The van der Waals surface area contributed by atoms with Crippen LogP contribution in [0, 0.1) is 13.8 Å². The molecule has 33 heavy (non-hydrogen) atoms. The van der Waals surface area contributed by atoms with Crippen LogP contribution in [0.5, 0.6) is 11.5 Å².